The fourth-order valence-corrected chi connectivity index (χ4v) is 2.75. The number of benzene rings is 2. The third-order valence-electron chi connectivity index (χ3n) is 4.49. The van der Waals surface area contributed by atoms with E-state index in [1.165, 1.54) is 24.8 Å². The molecule has 28 heavy (non-hydrogen) atoms. The van der Waals surface area contributed by atoms with E-state index in [9.17, 15) is 4.79 Å². The second kappa shape index (κ2) is 10.7. The van der Waals surface area contributed by atoms with E-state index >= 15 is 0 Å². The quantitative estimate of drug-likeness (QED) is 0.515. The molecule has 0 fully saturated rings. The number of amides is 1. The van der Waals surface area contributed by atoms with Crippen molar-refractivity contribution in [2.75, 3.05) is 18.5 Å². The van der Waals surface area contributed by atoms with Crippen molar-refractivity contribution in [1.82, 2.24) is 0 Å². The summed E-state index contributed by atoms with van der Waals surface area (Å²) in [5.41, 5.74) is 2.06. The number of anilines is 1. The van der Waals surface area contributed by atoms with E-state index < -0.39 is 0 Å². The Morgan fingerprint density at radius 2 is 1.46 bits per heavy atom. The molecule has 0 aromatic heterocycles. The summed E-state index contributed by atoms with van der Waals surface area (Å²) in [5, 5.41) is 2.84. The van der Waals surface area contributed by atoms with Crippen molar-refractivity contribution in [3.63, 3.8) is 0 Å². The predicted octanol–water partition coefficient (Wildman–Crippen LogP) is 5.96. The molecular weight excluding hydrogens is 350 g/mol. The Morgan fingerprint density at radius 3 is 2.07 bits per heavy atom. The Balaban J connectivity index is 1.74. The van der Waals surface area contributed by atoms with Crippen molar-refractivity contribution in [1.29, 1.82) is 0 Å². The van der Waals surface area contributed by atoms with Crippen LogP contribution >= 0.6 is 0 Å². The second-order valence-electron chi connectivity index (χ2n) is 8.04. The van der Waals surface area contributed by atoms with Gasteiger partial charge in [0.15, 0.2) is 6.61 Å². The summed E-state index contributed by atoms with van der Waals surface area (Å²) in [5.74, 6) is 1.33. The normalized spacial score (nSPS) is 11.1. The molecule has 0 unspecified atom stereocenters. The summed E-state index contributed by atoms with van der Waals surface area (Å²) in [6.45, 7) is 9.40. The van der Waals surface area contributed by atoms with Gasteiger partial charge in [0.25, 0.3) is 5.91 Å². The van der Waals surface area contributed by atoms with Crippen LogP contribution in [0.3, 0.4) is 0 Å². The SMILES string of the molecule is CCCCCCOc1ccc(NC(=O)COc2ccc(C(C)(C)C)cc2)cc1. The smallest absolute Gasteiger partial charge is 0.262 e. The third kappa shape index (κ3) is 7.63. The highest BCUT2D eigenvalue weighted by Gasteiger charge is 2.13. The van der Waals surface area contributed by atoms with E-state index in [1.807, 2.05) is 48.5 Å². The fraction of sp³-hybridized carbons (Fsp3) is 0.458. The third-order valence-corrected chi connectivity index (χ3v) is 4.49. The number of carbonyl (C=O) groups excluding carboxylic acids is 1. The van der Waals surface area contributed by atoms with Gasteiger partial charge in [-0.05, 0) is 53.8 Å². The first-order valence-corrected chi connectivity index (χ1v) is 10.1. The maximum absolute atomic E-state index is 12.1. The molecule has 0 heterocycles. The van der Waals surface area contributed by atoms with Crippen LogP contribution in [-0.2, 0) is 10.2 Å². The summed E-state index contributed by atoms with van der Waals surface area (Å²) in [6.07, 6.45) is 4.74. The van der Waals surface area contributed by atoms with Crippen molar-refractivity contribution >= 4 is 11.6 Å². The molecule has 2 aromatic rings. The molecular formula is C24H33NO3. The number of carbonyl (C=O) groups is 1. The van der Waals surface area contributed by atoms with Crippen molar-refractivity contribution in [3.05, 3.63) is 54.1 Å². The average Bonchev–Trinajstić information content (AvgIpc) is 2.67. The lowest BCUT2D eigenvalue weighted by Crippen LogP contribution is -2.20. The molecule has 0 spiro atoms. The van der Waals surface area contributed by atoms with Crippen molar-refractivity contribution in [3.8, 4) is 11.5 Å². The van der Waals surface area contributed by atoms with Gasteiger partial charge in [-0.15, -0.1) is 0 Å². The Bertz CT molecular complexity index is 715. The molecule has 4 heteroatoms. The van der Waals surface area contributed by atoms with Crippen molar-refractivity contribution < 1.29 is 14.3 Å². The molecule has 1 amide bonds. The minimum absolute atomic E-state index is 0.0233. The first-order valence-electron chi connectivity index (χ1n) is 10.1. The zero-order valence-electron chi connectivity index (χ0n) is 17.6. The Morgan fingerprint density at radius 1 is 0.857 bits per heavy atom. The first-order chi connectivity index (χ1) is 13.4. The molecule has 0 aliphatic carbocycles. The lowest BCUT2D eigenvalue weighted by atomic mass is 9.87. The minimum atomic E-state index is -0.187. The van der Waals surface area contributed by atoms with Crippen molar-refractivity contribution in [2.24, 2.45) is 0 Å². The van der Waals surface area contributed by atoms with E-state index in [0.717, 1.165) is 24.5 Å². The van der Waals surface area contributed by atoms with Gasteiger partial charge in [-0.25, -0.2) is 0 Å². The molecule has 152 valence electrons. The summed E-state index contributed by atoms with van der Waals surface area (Å²) in [4.78, 5) is 12.1. The molecule has 1 N–H and O–H groups in total. The van der Waals surface area contributed by atoms with Crippen LogP contribution < -0.4 is 14.8 Å². The van der Waals surface area contributed by atoms with Gasteiger partial charge in [0, 0.05) is 5.69 Å². The highest BCUT2D eigenvalue weighted by Crippen LogP contribution is 2.24. The molecule has 0 radical (unpaired) electrons. The Hall–Kier alpha value is -2.49. The number of rotatable bonds is 10. The molecule has 0 aliphatic rings. The zero-order chi connectivity index (χ0) is 20.4. The number of hydrogen-bond acceptors (Lipinski definition) is 3. The van der Waals surface area contributed by atoms with Crippen LogP contribution in [-0.4, -0.2) is 19.1 Å². The zero-order valence-corrected chi connectivity index (χ0v) is 17.6. The van der Waals surface area contributed by atoms with Crippen molar-refractivity contribution in [2.45, 2.75) is 58.8 Å². The van der Waals surface area contributed by atoms with Crippen LogP contribution in [0.1, 0.15) is 58.9 Å². The minimum Gasteiger partial charge on any atom is -0.494 e. The second-order valence-corrected chi connectivity index (χ2v) is 8.04. The van der Waals surface area contributed by atoms with Crippen LogP contribution in [0.5, 0.6) is 11.5 Å². The number of hydrogen-bond donors (Lipinski definition) is 1. The van der Waals surface area contributed by atoms with E-state index in [-0.39, 0.29) is 17.9 Å². The molecule has 0 atom stereocenters. The monoisotopic (exact) mass is 383 g/mol. The van der Waals surface area contributed by atoms with E-state index in [1.54, 1.807) is 0 Å². The Kier molecular flexibility index (Phi) is 8.37. The highest BCUT2D eigenvalue weighted by atomic mass is 16.5. The van der Waals surface area contributed by atoms with Gasteiger partial charge in [0.2, 0.25) is 0 Å². The average molecular weight is 384 g/mol. The van der Waals surface area contributed by atoms with Gasteiger partial charge >= 0.3 is 0 Å². The van der Waals surface area contributed by atoms with Crippen LogP contribution in [0.25, 0.3) is 0 Å². The molecule has 2 rings (SSSR count). The van der Waals surface area contributed by atoms with E-state index in [2.05, 4.69) is 33.0 Å². The van der Waals surface area contributed by atoms with Crippen LogP contribution in [0.15, 0.2) is 48.5 Å². The lowest BCUT2D eigenvalue weighted by molar-refractivity contribution is -0.118. The van der Waals surface area contributed by atoms with Gasteiger partial charge in [0.05, 0.1) is 6.61 Å². The molecule has 0 saturated carbocycles. The van der Waals surface area contributed by atoms with Gasteiger partial charge in [-0.2, -0.15) is 0 Å². The highest BCUT2D eigenvalue weighted by molar-refractivity contribution is 5.91. The van der Waals surface area contributed by atoms with E-state index in [4.69, 9.17) is 9.47 Å². The molecule has 4 nitrogen and oxygen atoms in total. The standard InChI is InChI=1S/C24H33NO3/c1-5-6-7-8-17-27-21-15-11-20(12-16-21)25-23(26)18-28-22-13-9-19(10-14-22)24(2,3)4/h9-16H,5-8,17-18H2,1-4H3,(H,25,26). The lowest BCUT2D eigenvalue weighted by Gasteiger charge is -2.19. The summed E-state index contributed by atoms with van der Waals surface area (Å²) < 4.78 is 11.3. The first kappa shape index (κ1) is 21.8. The van der Waals surface area contributed by atoms with Gasteiger partial charge in [0.1, 0.15) is 11.5 Å². The van der Waals surface area contributed by atoms with Crippen LogP contribution in [0.2, 0.25) is 0 Å². The van der Waals surface area contributed by atoms with Gasteiger partial charge in [-0.3, -0.25) is 4.79 Å². The van der Waals surface area contributed by atoms with Gasteiger partial charge in [-0.1, -0.05) is 59.1 Å². The maximum Gasteiger partial charge on any atom is 0.262 e. The number of unbranched alkanes of at least 4 members (excludes halogenated alkanes) is 3. The Labute approximate surface area is 169 Å². The van der Waals surface area contributed by atoms with Gasteiger partial charge < -0.3 is 14.8 Å². The number of ether oxygens (including phenoxy) is 2. The summed E-state index contributed by atoms with van der Waals surface area (Å²) in [7, 11) is 0. The number of nitrogens with one attached hydrogen (secondary N) is 1. The topological polar surface area (TPSA) is 47.6 Å². The largest absolute Gasteiger partial charge is 0.494 e. The van der Waals surface area contributed by atoms with Crippen LogP contribution in [0, 0.1) is 0 Å². The summed E-state index contributed by atoms with van der Waals surface area (Å²) in [6, 6.07) is 15.3. The molecule has 2 aromatic carbocycles. The molecule has 0 saturated heterocycles. The van der Waals surface area contributed by atoms with E-state index in [0.29, 0.717) is 5.75 Å². The molecule has 0 bridgehead atoms. The van der Waals surface area contributed by atoms with Crippen LogP contribution in [0.4, 0.5) is 5.69 Å². The fourth-order valence-electron chi connectivity index (χ4n) is 2.75. The molecule has 0 aliphatic heterocycles. The predicted molar refractivity (Wildman–Crippen MR) is 115 cm³/mol. The summed E-state index contributed by atoms with van der Waals surface area (Å²) >= 11 is 0. The maximum atomic E-state index is 12.1.